The summed E-state index contributed by atoms with van der Waals surface area (Å²) in [6.07, 6.45) is 4.98. The zero-order valence-corrected chi connectivity index (χ0v) is 8.27. The van der Waals surface area contributed by atoms with Crippen LogP contribution in [0.25, 0.3) is 0 Å². The molecule has 2 nitrogen and oxygen atoms in total. The van der Waals surface area contributed by atoms with E-state index in [9.17, 15) is 0 Å². The molecule has 0 atom stereocenters. The summed E-state index contributed by atoms with van der Waals surface area (Å²) in [7, 11) is 0. The van der Waals surface area contributed by atoms with Crippen molar-refractivity contribution in [1.29, 1.82) is 0 Å². The predicted octanol–water partition coefficient (Wildman–Crippen LogP) is 2.58. The van der Waals surface area contributed by atoms with Gasteiger partial charge in [-0.05, 0) is 12.8 Å². The SMILES string of the molecule is CCCCC1(CC)COCOC1. The normalized spacial score (nSPS) is 22.5. The fourth-order valence-electron chi connectivity index (χ4n) is 1.69. The highest BCUT2D eigenvalue weighted by atomic mass is 16.7. The van der Waals surface area contributed by atoms with E-state index in [2.05, 4.69) is 13.8 Å². The summed E-state index contributed by atoms with van der Waals surface area (Å²) in [5.41, 5.74) is 0.328. The molecule has 0 aromatic rings. The lowest BCUT2D eigenvalue weighted by atomic mass is 9.81. The van der Waals surface area contributed by atoms with E-state index in [1.807, 2.05) is 0 Å². The van der Waals surface area contributed by atoms with E-state index >= 15 is 0 Å². The highest BCUT2D eigenvalue weighted by molar-refractivity contribution is 4.78. The number of hydrogen-bond donors (Lipinski definition) is 0. The van der Waals surface area contributed by atoms with Crippen molar-refractivity contribution in [2.45, 2.75) is 39.5 Å². The van der Waals surface area contributed by atoms with E-state index < -0.39 is 0 Å². The van der Waals surface area contributed by atoms with Gasteiger partial charge in [-0.1, -0.05) is 26.7 Å². The van der Waals surface area contributed by atoms with Gasteiger partial charge in [-0.3, -0.25) is 0 Å². The lowest BCUT2D eigenvalue weighted by molar-refractivity contribution is -0.168. The van der Waals surface area contributed by atoms with Crippen LogP contribution in [0.15, 0.2) is 0 Å². The Hall–Kier alpha value is -0.0800. The van der Waals surface area contributed by atoms with E-state index in [1.54, 1.807) is 0 Å². The Morgan fingerprint density at radius 2 is 1.83 bits per heavy atom. The van der Waals surface area contributed by atoms with Crippen molar-refractivity contribution in [1.82, 2.24) is 0 Å². The zero-order chi connectivity index (χ0) is 8.86. The largest absolute Gasteiger partial charge is 0.355 e. The summed E-state index contributed by atoms with van der Waals surface area (Å²) >= 11 is 0. The number of ether oxygens (including phenoxy) is 2. The summed E-state index contributed by atoms with van der Waals surface area (Å²) in [5.74, 6) is 0. The first-order valence-corrected chi connectivity index (χ1v) is 4.98. The Balaban J connectivity index is 2.37. The second-order valence-corrected chi connectivity index (χ2v) is 3.77. The molecule has 0 aromatic heterocycles. The minimum Gasteiger partial charge on any atom is -0.355 e. The van der Waals surface area contributed by atoms with Crippen LogP contribution in [0.4, 0.5) is 0 Å². The summed E-state index contributed by atoms with van der Waals surface area (Å²) < 4.78 is 10.7. The summed E-state index contributed by atoms with van der Waals surface area (Å²) in [4.78, 5) is 0. The Bertz CT molecular complexity index is 117. The van der Waals surface area contributed by atoms with Crippen molar-refractivity contribution >= 4 is 0 Å². The number of rotatable bonds is 4. The van der Waals surface area contributed by atoms with Crippen molar-refractivity contribution in [3.8, 4) is 0 Å². The van der Waals surface area contributed by atoms with E-state index in [4.69, 9.17) is 9.47 Å². The van der Waals surface area contributed by atoms with E-state index in [0.717, 1.165) is 13.2 Å². The molecule has 0 radical (unpaired) electrons. The second kappa shape index (κ2) is 4.83. The van der Waals surface area contributed by atoms with Gasteiger partial charge >= 0.3 is 0 Å². The zero-order valence-electron chi connectivity index (χ0n) is 8.27. The Morgan fingerprint density at radius 3 is 2.33 bits per heavy atom. The molecule has 0 aromatic carbocycles. The van der Waals surface area contributed by atoms with E-state index in [0.29, 0.717) is 12.2 Å². The fourth-order valence-corrected chi connectivity index (χ4v) is 1.69. The van der Waals surface area contributed by atoms with E-state index in [1.165, 1.54) is 25.7 Å². The standard InChI is InChI=1S/C10H20O2/c1-3-5-6-10(4-2)7-11-9-12-8-10/h3-9H2,1-2H3. The average Bonchev–Trinajstić information content (AvgIpc) is 2.16. The molecule has 1 fully saturated rings. The van der Waals surface area contributed by atoms with Crippen LogP contribution >= 0.6 is 0 Å². The van der Waals surface area contributed by atoms with Crippen molar-refractivity contribution in [2.24, 2.45) is 5.41 Å². The molecule has 72 valence electrons. The molecule has 2 heteroatoms. The smallest absolute Gasteiger partial charge is 0.146 e. The van der Waals surface area contributed by atoms with Gasteiger partial charge in [0.1, 0.15) is 6.79 Å². The molecule has 1 saturated heterocycles. The van der Waals surface area contributed by atoms with Gasteiger partial charge in [0.05, 0.1) is 13.2 Å². The van der Waals surface area contributed by atoms with Crippen molar-refractivity contribution in [2.75, 3.05) is 20.0 Å². The van der Waals surface area contributed by atoms with Crippen molar-refractivity contribution in [3.05, 3.63) is 0 Å². The predicted molar refractivity (Wildman–Crippen MR) is 49.0 cm³/mol. The summed E-state index contributed by atoms with van der Waals surface area (Å²) in [5, 5.41) is 0. The minimum atomic E-state index is 0.328. The van der Waals surface area contributed by atoms with Gasteiger partial charge in [0.2, 0.25) is 0 Å². The second-order valence-electron chi connectivity index (χ2n) is 3.77. The molecule has 0 N–H and O–H groups in total. The molecule has 12 heavy (non-hydrogen) atoms. The Kier molecular flexibility index (Phi) is 4.02. The van der Waals surface area contributed by atoms with Gasteiger partial charge in [-0.2, -0.15) is 0 Å². The quantitative estimate of drug-likeness (QED) is 0.649. The average molecular weight is 172 g/mol. The van der Waals surface area contributed by atoms with Gasteiger partial charge in [-0.15, -0.1) is 0 Å². The molecule has 1 rings (SSSR count). The van der Waals surface area contributed by atoms with Crippen LogP contribution in [-0.4, -0.2) is 20.0 Å². The lowest BCUT2D eigenvalue weighted by Crippen LogP contribution is -2.36. The monoisotopic (exact) mass is 172 g/mol. The Labute approximate surface area is 75.2 Å². The van der Waals surface area contributed by atoms with Gasteiger partial charge in [0.25, 0.3) is 0 Å². The minimum absolute atomic E-state index is 0.328. The van der Waals surface area contributed by atoms with Crippen LogP contribution in [0, 0.1) is 5.41 Å². The van der Waals surface area contributed by atoms with Gasteiger partial charge in [0, 0.05) is 5.41 Å². The first-order valence-electron chi connectivity index (χ1n) is 4.98. The maximum atomic E-state index is 5.35. The van der Waals surface area contributed by atoms with Crippen LogP contribution in [0.2, 0.25) is 0 Å². The van der Waals surface area contributed by atoms with Crippen LogP contribution < -0.4 is 0 Å². The highest BCUT2D eigenvalue weighted by Crippen LogP contribution is 2.31. The maximum Gasteiger partial charge on any atom is 0.146 e. The van der Waals surface area contributed by atoms with Crippen LogP contribution in [-0.2, 0) is 9.47 Å². The molecule has 0 saturated carbocycles. The molecule has 0 amide bonds. The third kappa shape index (κ3) is 2.46. The third-order valence-corrected chi connectivity index (χ3v) is 2.79. The molecular weight excluding hydrogens is 152 g/mol. The van der Waals surface area contributed by atoms with Crippen LogP contribution in [0.3, 0.4) is 0 Å². The topological polar surface area (TPSA) is 18.5 Å². The molecule has 1 aliphatic heterocycles. The molecule has 0 aliphatic carbocycles. The Morgan fingerprint density at radius 1 is 1.17 bits per heavy atom. The highest BCUT2D eigenvalue weighted by Gasteiger charge is 2.30. The van der Waals surface area contributed by atoms with Crippen LogP contribution in [0.5, 0.6) is 0 Å². The number of unbranched alkanes of at least 4 members (excludes halogenated alkanes) is 1. The van der Waals surface area contributed by atoms with Gasteiger partial charge in [0.15, 0.2) is 0 Å². The van der Waals surface area contributed by atoms with Gasteiger partial charge in [-0.25, -0.2) is 0 Å². The van der Waals surface area contributed by atoms with Crippen molar-refractivity contribution < 1.29 is 9.47 Å². The first-order chi connectivity index (χ1) is 5.83. The fraction of sp³-hybridized carbons (Fsp3) is 1.00. The molecular formula is C10H20O2. The van der Waals surface area contributed by atoms with Crippen LogP contribution in [0.1, 0.15) is 39.5 Å². The maximum absolute atomic E-state index is 5.35. The molecule has 1 aliphatic rings. The van der Waals surface area contributed by atoms with Crippen molar-refractivity contribution in [3.63, 3.8) is 0 Å². The molecule has 1 heterocycles. The molecule has 0 spiro atoms. The lowest BCUT2D eigenvalue weighted by Gasteiger charge is -2.35. The number of hydrogen-bond acceptors (Lipinski definition) is 2. The third-order valence-electron chi connectivity index (χ3n) is 2.79. The van der Waals surface area contributed by atoms with Gasteiger partial charge < -0.3 is 9.47 Å². The summed E-state index contributed by atoms with van der Waals surface area (Å²) in [6, 6.07) is 0. The summed E-state index contributed by atoms with van der Waals surface area (Å²) in [6.45, 7) is 6.74. The van der Waals surface area contributed by atoms with E-state index in [-0.39, 0.29) is 0 Å². The molecule has 0 bridgehead atoms. The molecule has 0 unspecified atom stereocenters. The first kappa shape index (κ1) is 10.0.